The van der Waals surface area contributed by atoms with Crippen molar-refractivity contribution in [3.63, 3.8) is 0 Å². The summed E-state index contributed by atoms with van der Waals surface area (Å²) in [6, 6.07) is 0. The highest BCUT2D eigenvalue weighted by Gasteiger charge is 2.07. The number of hydrogen-bond donors (Lipinski definition) is 0. The van der Waals surface area contributed by atoms with Gasteiger partial charge in [-0.05, 0) is 43.6 Å². The van der Waals surface area contributed by atoms with E-state index < -0.39 is 0 Å². The van der Waals surface area contributed by atoms with Gasteiger partial charge in [0, 0.05) is 12.2 Å². The van der Waals surface area contributed by atoms with Crippen molar-refractivity contribution in [1.29, 1.82) is 0 Å². The van der Waals surface area contributed by atoms with Crippen molar-refractivity contribution in [2.45, 2.75) is 34.2 Å². The van der Waals surface area contributed by atoms with Crippen LogP contribution in [0.25, 0.3) is 0 Å². The Morgan fingerprint density at radius 3 is 2.60 bits per heavy atom. The molecule has 1 rings (SSSR count). The van der Waals surface area contributed by atoms with E-state index >= 15 is 0 Å². The van der Waals surface area contributed by atoms with Crippen LogP contribution in [-0.2, 0) is 6.54 Å². The van der Waals surface area contributed by atoms with Gasteiger partial charge in [-0.1, -0.05) is 11.6 Å². The van der Waals surface area contributed by atoms with E-state index in [1.165, 1.54) is 5.57 Å². The van der Waals surface area contributed by atoms with Crippen molar-refractivity contribution in [3.05, 3.63) is 38.0 Å². The van der Waals surface area contributed by atoms with Crippen LogP contribution in [-0.4, -0.2) is 9.55 Å². The fourth-order valence-electron chi connectivity index (χ4n) is 1.27. The number of aromatic nitrogens is 2. The van der Waals surface area contributed by atoms with E-state index in [1.54, 1.807) is 4.57 Å². The van der Waals surface area contributed by atoms with E-state index in [0.717, 1.165) is 15.9 Å². The monoisotopic (exact) mass is 270 g/mol. The van der Waals surface area contributed by atoms with Crippen molar-refractivity contribution < 1.29 is 0 Å². The molecule has 0 atom stereocenters. The standard InChI is InChI=1S/C11H15BrN2O/c1-7(2)5-6-14-9(4)10(12)8(3)13-11(14)15/h5H,6H2,1-4H3. The average Bonchev–Trinajstić information content (AvgIpc) is 2.14. The summed E-state index contributed by atoms with van der Waals surface area (Å²) in [5.41, 5.74) is 2.67. The van der Waals surface area contributed by atoms with Crippen LogP contribution in [0.2, 0.25) is 0 Å². The molecule has 0 aliphatic heterocycles. The maximum atomic E-state index is 11.6. The first-order valence-electron chi connectivity index (χ1n) is 4.80. The zero-order valence-corrected chi connectivity index (χ0v) is 11.1. The third-order valence-electron chi connectivity index (χ3n) is 2.22. The lowest BCUT2D eigenvalue weighted by molar-refractivity contribution is 0.699. The summed E-state index contributed by atoms with van der Waals surface area (Å²) in [6.07, 6.45) is 2.01. The quantitative estimate of drug-likeness (QED) is 0.775. The van der Waals surface area contributed by atoms with Gasteiger partial charge in [0.05, 0.1) is 10.2 Å². The Kier molecular flexibility index (Phi) is 3.85. The minimum atomic E-state index is -0.189. The minimum absolute atomic E-state index is 0.189. The predicted molar refractivity (Wildman–Crippen MR) is 65.1 cm³/mol. The van der Waals surface area contributed by atoms with Crippen LogP contribution in [0.4, 0.5) is 0 Å². The number of halogens is 1. The molecule has 0 bridgehead atoms. The van der Waals surface area contributed by atoms with Gasteiger partial charge in [0.2, 0.25) is 0 Å². The van der Waals surface area contributed by atoms with E-state index in [2.05, 4.69) is 20.9 Å². The number of rotatable bonds is 2. The molecule has 82 valence electrons. The van der Waals surface area contributed by atoms with Crippen molar-refractivity contribution in [2.24, 2.45) is 0 Å². The predicted octanol–water partition coefficient (Wildman–Crippen LogP) is 2.59. The Morgan fingerprint density at radius 1 is 1.47 bits per heavy atom. The van der Waals surface area contributed by atoms with Crippen molar-refractivity contribution >= 4 is 15.9 Å². The smallest absolute Gasteiger partial charge is 0.292 e. The molecular formula is C11H15BrN2O. The van der Waals surface area contributed by atoms with Crippen LogP contribution in [0.5, 0.6) is 0 Å². The topological polar surface area (TPSA) is 34.9 Å². The third-order valence-corrected chi connectivity index (χ3v) is 3.36. The summed E-state index contributed by atoms with van der Waals surface area (Å²) in [5, 5.41) is 0. The zero-order valence-electron chi connectivity index (χ0n) is 9.47. The lowest BCUT2D eigenvalue weighted by Gasteiger charge is -2.10. The van der Waals surface area contributed by atoms with Crippen LogP contribution in [0, 0.1) is 13.8 Å². The largest absolute Gasteiger partial charge is 0.348 e. The van der Waals surface area contributed by atoms with Gasteiger partial charge >= 0.3 is 5.69 Å². The Balaban J connectivity index is 3.25. The maximum absolute atomic E-state index is 11.6. The molecule has 0 aliphatic rings. The number of aryl methyl sites for hydroxylation is 1. The first-order chi connectivity index (χ1) is 6.93. The summed E-state index contributed by atoms with van der Waals surface area (Å²) in [6.45, 7) is 8.34. The molecule has 0 unspecified atom stereocenters. The minimum Gasteiger partial charge on any atom is -0.292 e. The van der Waals surface area contributed by atoms with Crippen LogP contribution < -0.4 is 5.69 Å². The van der Waals surface area contributed by atoms with Gasteiger partial charge in [0.25, 0.3) is 0 Å². The van der Waals surface area contributed by atoms with Gasteiger partial charge in [0.15, 0.2) is 0 Å². The molecule has 1 heterocycles. The van der Waals surface area contributed by atoms with Crippen LogP contribution in [0.1, 0.15) is 25.2 Å². The lowest BCUT2D eigenvalue weighted by atomic mass is 10.3. The van der Waals surface area contributed by atoms with Gasteiger partial charge in [0.1, 0.15) is 0 Å². The fourth-order valence-corrected chi connectivity index (χ4v) is 1.57. The van der Waals surface area contributed by atoms with E-state index in [-0.39, 0.29) is 5.69 Å². The fraction of sp³-hybridized carbons (Fsp3) is 0.455. The molecule has 0 aromatic carbocycles. The van der Waals surface area contributed by atoms with E-state index in [0.29, 0.717) is 6.54 Å². The molecule has 4 heteroatoms. The van der Waals surface area contributed by atoms with Gasteiger partial charge in [-0.25, -0.2) is 4.79 Å². The highest BCUT2D eigenvalue weighted by atomic mass is 79.9. The van der Waals surface area contributed by atoms with Gasteiger partial charge in [-0.3, -0.25) is 4.57 Å². The second-order valence-electron chi connectivity index (χ2n) is 3.77. The third kappa shape index (κ3) is 2.78. The Labute approximate surface area is 98.0 Å². The lowest BCUT2D eigenvalue weighted by Crippen LogP contribution is -2.26. The molecule has 1 aromatic rings. The Hall–Kier alpha value is -0.900. The average molecular weight is 271 g/mol. The highest BCUT2D eigenvalue weighted by molar-refractivity contribution is 9.10. The number of nitrogens with zero attached hydrogens (tertiary/aromatic N) is 2. The molecule has 0 radical (unpaired) electrons. The van der Waals surface area contributed by atoms with E-state index in [1.807, 2.05) is 33.8 Å². The molecule has 0 amide bonds. The molecule has 0 N–H and O–H groups in total. The van der Waals surface area contributed by atoms with Crippen molar-refractivity contribution in [1.82, 2.24) is 9.55 Å². The molecule has 0 spiro atoms. The second-order valence-corrected chi connectivity index (χ2v) is 4.56. The second kappa shape index (κ2) is 4.75. The van der Waals surface area contributed by atoms with Crippen LogP contribution in [0.15, 0.2) is 20.9 Å². The summed E-state index contributed by atoms with van der Waals surface area (Å²) in [7, 11) is 0. The van der Waals surface area contributed by atoms with Crippen LogP contribution in [0.3, 0.4) is 0 Å². The highest BCUT2D eigenvalue weighted by Crippen LogP contribution is 2.16. The van der Waals surface area contributed by atoms with Crippen molar-refractivity contribution in [2.75, 3.05) is 0 Å². The molecule has 0 fully saturated rings. The normalized spacial score (nSPS) is 10.2. The maximum Gasteiger partial charge on any atom is 0.348 e. The molecule has 0 saturated heterocycles. The molecule has 1 aromatic heterocycles. The van der Waals surface area contributed by atoms with E-state index in [9.17, 15) is 4.79 Å². The van der Waals surface area contributed by atoms with Gasteiger partial charge in [-0.2, -0.15) is 4.98 Å². The first-order valence-corrected chi connectivity index (χ1v) is 5.59. The molecule has 0 saturated carbocycles. The Morgan fingerprint density at radius 2 is 2.07 bits per heavy atom. The zero-order chi connectivity index (χ0) is 11.6. The molecule has 0 aliphatic carbocycles. The SMILES string of the molecule is CC(C)=CCn1c(C)c(Br)c(C)nc1=O. The summed E-state index contributed by atoms with van der Waals surface area (Å²) in [4.78, 5) is 15.6. The Bertz CT molecular complexity index is 456. The molecule has 3 nitrogen and oxygen atoms in total. The number of hydrogen-bond acceptors (Lipinski definition) is 2. The van der Waals surface area contributed by atoms with Crippen molar-refractivity contribution in [3.8, 4) is 0 Å². The van der Waals surface area contributed by atoms with E-state index in [4.69, 9.17) is 0 Å². The number of allylic oxidation sites excluding steroid dienone is 2. The van der Waals surface area contributed by atoms with Gasteiger partial charge < -0.3 is 0 Å². The summed E-state index contributed by atoms with van der Waals surface area (Å²) >= 11 is 3.43. The summed E-state index contributed by atoms with van der Waals surface area (Å²) < 4.78 is 2.56. The van der Waals surface area contributed by atoms with Gasteiger partial charge in [-0.15, -0.1) is 0 Å². The molecule has 15 heavy (non-hydrogen) atoms. The first kappa shape index (κ1) is 12.2. The van der Waals surface area contributed by atoms with Crippen LogP contribution >= 0.6 is 15.9 Å². The molecular weight excluding hydrogens is 256 g/mol. The summed E-state index contributed by atoms with van der Waals surface area (Å²) in [5.74, 6) is 0.